The summed E-state index contributed by atoms with van der Waals surface area (Å²) in [5.41, 5.74) is 6.71. The molecule has 194 valence electrons. The Balaban J connectivity index is 1.63. The van der Waals surface area contributed by atoms with E-state index in [2.05, 4.69) is 20.4 Å². The number of rotatable bonds is 7. The van der Waals surface area contributed by atoms with Gasteiger partial charge in [-0.05, 0) is 36.6 Å². The predicted molar refractivity (Wildman–Crippen MR) is 142 cm³/mol. The first-order valence-corrected chi connectivity index (χ1v) is 12.0. The molecule has 4 aromatic rings. The molecule has 1 amide bonds. The van der Waals surface area contributed by atoms with Crippen molar-refractivity contribution in [3.63, 3.8) is 0 Å². The number of nitrogens with one attached hydrogen (secondary N) is 1. The van der Waals surface area contributed by atoms with Gasteiger partial charge in [0.25, 0.3) is 5.91 Å². The van der Waals surface area contributed by atoms with E-state index in [1.165, 1.54) is 12.4 Å². The quantitative estimate of drug-likeness (QED) is 0.262. The largest absolute Gasteiger partial charge is 0.457 e. The number of fused-ring (bicyclic) bond motifs is 1. The second kappa shape index (κ2) is 10.7. The standard InChI is InChI=1S/C28H28FN7O2/c1-17(34-27(37)18(14-30)13-28(2,3)4)15-36-26-23(25(31)32-16-33-26)24(35-36)21-11-10-20(12-22(21)29)38-19-8-6-5-7-9-19/h5-13,16-17H,15H2,1-4H3,(H,34,37)(H2,31,32,33). The molecule has 1 unspecified atom stereocenters. The number of ether oxygens (including phenoxy) is 1. The number of nitriles is 1. The molecule has 0 fully saturated rings. The molecule has 0 saturated heterocycles. The molecular formula is C28H28FN7O2. The molecule has 2 aromatic carbocycles. The van der Waals surface area contributed by atoms with Crippen LogP contribution in [0.25, 0.3) is 22.3 Å². The van der Waals surface area contributed by atoms with Gasteiger partial charge in [-0.15, -0.1) is 0 Å². The van der Waals surface area contributed by atoms with Crippen LogP contribution in [0.5, 0.6) is 11.5 Å². The fourth-order valence-corrected chi connectivity index (χ4v) is 3.91. The summed E-state index contributed by atoms with van der Waals surface area (Å²) in [5.74, 6) is 0.0245. The van der Waals surface area contributed by atoms with Crippen LogP contribution in [0.4, 0.5) is 10.2 Å². The SMILES string of the molecule is CC(Cn1nc(-c2ccc(Oc3ccccc3)cc2F)c2c(N)ncnc21)NC(=O)C(C#N)=CC(C)(C)C. The Morgan fingerprint density at radius 3 is 2.61 bits per heavy atom. The van der Waals surface area contributed by atoms with E-state index in [9.17, 15) is 10.1 Å². The lowest BCUT2D eigenvalue weighted by Crippen LogP contribution is -2.37. The monoisotopic (exact) mass is 513 g/mol. The third kappa shape index (κ3) is 5.95. The molecule has 38 heavy (non-hydrogen) atoms. The van der Waals surface area contributed by atoms with Crippen LogP contribution in [0.2, 0.25) is 0 Å². The Morgan fingerprint density at radius 2 is 1.95 bits per heavy atom. The Kier molecular flexibility index (Phi) is 7.39. The van der Waals surface area contributed by atoms with E-state index in [1.54, 1.807) is 41.9 Å². The minimum absolute atomic E-state index is 0.0295. The number of anilines is 1. The van der Waals surface area contributed by atoms with Crippen molar-refractivity contribution >= 4 is 22.8 Å². The minimum atomic E-state index is -0.555. The van der Waals surface area contributed by atoms with Gasteiger partial charge in [0.2, 0.25) is 0 Å². The molecule has 2 aromatic heterocycles. The van der Waals surface area contributed by atoms with Crippen LogP contribution < -0.4 is 15.8 Å². The van der Waals surface area contributed by atoms with E-state index in [1.807, 2.05) is 45.0 Å². The molecule has 1 atom stereocenters. The van der Waals surface area contributed by atoms with Gasteiger partial charge in [0.15, 0.2) is 5.65 Å². The number of nitrogens with two attached hydrogens (primary N) is 1. The third-order valence-corrected chi connectivity index (χ3v) is 5.50. The summed E-state index contributed by atoms with van der Waals surface area (Å²) in [6.07, 6.45) is 2.92. The van der Waals surface area contributed by atoms with Crippen molar-refractivity contribution in [1.29, 1.82) is 5.26 Å². The zero-order valence-corrected chi connectivity index (χ0v) is 21.6. The summed E-state index contributed by atoms with van der Waals surface area (Å²) in [6.45, 7) is 7.69. The number of nitrogens with zero attached hydrogens (tertiary/aromatic N) is 5. The summed E-state index contributed by atoms with van der Waals surface area (Å²) in [6, 6.07) is 15.1. The van der Waals surface area contributed by atoms with Gasteiger partial charge in [-0.1, -0.05) is 45.0 Å². The van der Waals surface area contributed by atoms with E-state index in [0.717, 1.165) is 0 Å². The first kappa shape index (κ1) is 26.3. The maximum atomic E-state index is 15.3. The average Bonchev–Trinajstić information content (AvgIpc) is 3.21. The Bertz CT molecular complexity index is 1550. The predicted octanol–water partition coefficient (Wildman–Crippen LogP) is 5.01. The van der Waals surface area contributed by atoms with E-state index in [4.69, 9.17) is 10.5 Å². The molecular weight excluding hydrogens is 485 g/mol. The highest BCUT2D eigenvalue weighted by Crippen LogP contribution is 2.34. The number of para-hydroxylation sites is 1. The molecule has 0 aliphatic rings. The summed E-state index contributed by atoms with van der Waals surface area (Å²) in [4.78, 5) is 21.0. The topological polar surface area (TPSA) is 132 Å². The highest BCUT2D eigenvalue weighted by molar-refractivity contribution is 5.99. The fraction of sp³-hybridized carbons (Fsp3) is 0.250. The number of aromatic nitrogens is 4. The number of halogens is 1. The molecule has 0 spiro atoms. The van der Waals surface area contributed by atoms with Gasteiger partial charge in [0.1, 0.15) is 46.8 Å². The molecule has 4 rings (SSSR count). The van der Waals surface area contributed by atoms with Crippen LogP contribution in [0.15, 0.2) is 66.5 Å². The van der Waals surface area contributed by atoms with Crippen molar-refractivity contribution in [3.05, 3.63) is 72.3 Å². The lowest BCUT2D eigenvalue weighted by atomic mass is 9.93. The van der Waals surface area contributed by atoms with Crippen LogP contribution in [0, 0.1) is 22.6 Å². The molecule has 0 saturated carbocycles. The van der Waals surface area contributed by atoms with Crippen molar-refractivity contribution in [2.45, 2.75) is 40.3 Å². The first-order chi connectivity index (χ1) is 18.1. The minimum Gasteiger partial charge on any atom is -0.457 e. The number of carbonyl (C=O) groups is 1. The fourth-order valence-electron chi connectivity index (χ4n) is 3.91. The van der Waals surface area contributed by atoms with Gasteiger partial charge in [-0.25, -0.2) is 19.0 Å². The first-order valence-electron chi connectivity index (χ1n) is 12.0. The number of nitrogen functional groups attached to an aromatic ring is 1. The van der Waals surface area contributed by atoms with E-state index in [-0.39, 0.29) is 34.6 Å². The van der Waals surface area contributed by atoms with Crippen LogP contribution >= 0.6 is 0 Å². The lowest BCUT2D eigenvalue weighted by Gasteiger charge is -2.16. The molecule has 2 heterocycles. The maximum absolute atomic E-state index is 15.3. The van der Waals surface area contributed by atoms with Gasteiger partial charge >= 0.3 is 0 Å². The number of allylic oxidation sites excluding steroid dienone is 1. The molecule has 0 radical (unpaired) electrons. The second-order valence-corrected chi connectivity index (χ2v) is 9.96. The number of benzene rings is 2. The summed E-state index contributed by atoms with van der Waals surface area (Å²) >= 11 is 0. The van der Waals surface area contributed by atoms with Crippen LogP contribution in [0.3, 0.4) is 0 Å². The van der Waals surface area contributed by atoms with Crippen molar-refractivity contribution in [2.75, 3.05) is 5.73 Å². The Labute approximate surface area is 219 Å². The maximum Gasteiger partial charge on any atom is 0.261 e. The van der Waals surface area contributed by atoms with Gasteiger partial charge < -0.3 is 15.8 Å². The summed E-state index contributed by atoms with van der Waals surface area (Å²) < 4.78 is 22.6. The van der Waals surface area contributed by atoms with Crippen LogP contribution in [-0.4, -0.2) is 31.7 Å². The van der Waals surface area contributed by atoms with Gasteiger partial charge in [-0.3, -0.25) is 4.79 Å². The molecule has 0 aliphatic heterocycles. The normalized spacial score (nSPS) is 12.7. The van der Waals surface area contributed by atoms with Crippen LogP contribution in [0.1, 0.15) is 27.7 Å². The van der Waals surface area contributed by atoms with Gasteiger partial charge in [0, 0.05) is 17.7 Å². The zero-order valence-electron chi connectivity index (χ0n) is 21.6. The molecule has 9 nitrogen and oxygen atoms in total. The average molecular weight is 514 g/mol. The summed E-state index contributed by atoms with van der Waals surface area (Å²) in [7, 11) is 0. The van der Waals surface area contributed by atoms with Crippen LogP contribution in [-0.2, 0) is 11.3 Å². The third-order valence-electron chi connectivity index (χ3n) is 5.50. The number of hydrogen-bond acceptors (Lipinski definition) is 7. The van der Waals surface area contributed by atoms with Crippen molar-refractivity contribution in [1.82, 2.24) is 25.1 Å². The Morgan fingerprint density at radius 1 is 1.21 bits per heavy atom. The highest BCUT2D eigenvalue weighted by atomic mass is 19.1. The zero-order chi connectivity index (χ0) is 27.4. The van der Waals surface area contributed by atoms with Crippen molar-refractivity contribution < 1.29 is 13.9 Å². The molecule has 0 aliphatic carbocycles. The highest BCUT2D eigenvalue weighted by Gasteiger charge is 2.22. The smallest absolute Gasteiger partial charge is 0.261 e. The molecule has 3 N–H and O–H groups in total. The van der Waals surface area contributed by atoms with Gasteiger partial charge in [0.05, 0.1) is 11.9 Å². The Hall–Kier alpha value is -4.78. The lowest BCUT2D eigenvalue weighted by molar-refractivity contribution is -0.117. The molecule has 0 bridgehead atoms. The number of hydrogen-bond donors (Lipinski definition) is 2. The second-order valence-electron chi connectivity index (χ2n) is 9.96. The van der Waals surface area contributed by atoms with Gasteiger partial charge in [-0.2, -0.15) is 10.4 Å². The van der Waals surface area contributed by atoms with E-state index < -0.39 is 17.8 Å². The van der Waals surface area contributed by atoms with Crippen molar-refractivity contribution in [2.24, 2.45) is 5.41 Å². The number of amides is 1. The summed E-state index contributed by atoms with van der Waals surface area (Å²) in [5, 5.41) is 17.2. The van der Waals surface area contributed by atoms with E-state index in [0.29, 0.717) is 22.5 Å². The van der Waals surface area contributed by atoms with E-state index >= 15 is 4.39 Å². The molecule has 10 heteroatoms. The number of carbonyl (C=O) groups excluding carboxylic acids is 1. The van der Waals surface area contributed by atoms with Crippen molar-refractivity contribution in [3.8, 4) is 28.8 Å².